The lowest BCUT2D eigenvalue weighted by atomic mass is 10.4. The van der Waals surface area contributed by atoms with Crippen molar-refractivity contribution in [2.24, 2.45) is 0 Å². The molecule has 2 heterocycles. The molecule has 0 aromatic carbocycles. The molecular weight excluding hydrogens is 304 g/mol. The lowest BCUT2D eigenvalue weighted by Gasteiger charge is -2.16. The summed E-state index contributed by atoms with van der Waals surface area (Å²) in [5, 5.41) is 2.95. The van der Waals surface area contributed by atoms with Crippen LogP contribution in [-0.4, -0.2) is 41.3 Å². The van der Waals surface area contributed by atoms with Gasteiger partial charge in [-0.15, -0.1) is 11.3 Å². The zero-order chi connectivity index (χ0) is 15.2. The van der Waals surface area contributed by atoms with E-state index in [1.165, 1.54) is 21.3 Å². The predicted molar refractivity (Wildman–Crippen MR) is 87.5 cm³/mol. The molecule has 21 heavy (non-hydrogen) atoms. The summed E-state index contributed by atoms with van der Waals surface area (Å²) in [6, 6.07) is 6.06. The number of carbonyl (C=O) groups excluding carboxylic acids is 1. The smallest absolute Gasteiger partial charge is 0.317 e. The largest absolute Gasteiger partial charge is 0.333 e. The number of rotatable bonds is 6. The number of hydrogen-bond acceptors (Lipinski definition) is 5. The second-order valence-corrected chi connectivity index (χ2v) is 7.27. The van der Waals surface area contributed by atoms with Crippen LogP contribution in [0.1, 0.15) is 14.6 Å². The summed E-state index contributed by atoms with van der Waals surface area (Å²) < 4.78 is 4.04. The van der Waals surface area contributed by atoms with Crippen molar-refractivity contribution in [1.29, 1.82) is 0 Å². The van der Waals surface area contributed by atoms with Crippen molar-refractivity contribution in [1.82, 2.24) is 19.5 Å². The number of hydrogen-bond donors (Lipinski definition) is 1. The van der Waals surface area contributed by atoms with Crippen molar-refractivity contribution in [2.45, 2.75) is 19.6 Å². The van der Waals surface area contributed by atoms with Crippen LogP contribution >= 0.6 is 22.9 Å². The van der Waals surface area contributed by atoms with Crippen LogP contribution in [0.2, 0.25) is 0 Å². The van der Waals surface area contributed by atoms with E-state index in [1.54, 1.807) is 29.5 Å². The first-order valence-corrected chi connectivity index (χ1v) is 8.24. The number of nitrogens with one attached hydrogen (secondary N) is 1. The maximum Gasteiger partial charge on any atom is 0.317 e. The molecule has 0 saturated carbocycles. The zero-order valence-electron chi connectivity index (χ0n) is 12.5. The number of urea groups is 1. The van der Waals surface area contributed by atoms with Gasteiger partial charge < -0.3 is 15.1 Å². The Labute approximate surface area is 133 Å². The Kier molecular flexibility index (Phi) is 5.72. The number of thiophene rings is 1. The highest BCUT2D eigenvalue weighted by molar-refractivity contribution is 7.11. The van der Waals surface area contributed by atoms with E-state index in [-0.39, 0.29) is 6.03 Å². The first-order chi connectivity index (χ1) is 10.0. The molecule has 0 aliphatic carbocycles. The van der Waals surface area contributed by atoms with Crippen LogP contribution in [0.15, 0.2) is 24.4 Å². The van der Waals surface area contributed by atoms with E-state index in [2.05, 4.69) is 40.8 Å². The van der Waals surface area contributed by atoms with Crippen LogP contribution < -0.4 is 5.32 Å². The van der Waals surface area contributed by atoms with Crippen LogP contribution in [0.5, 0.6) is 0 Å². The Morgan fingerprint density at radius 3 is 2.57 bits per heavy atom. The monoisotopic (exact) mass is 324 g/mol. The highest BCUT2D eigenvalue weighted by Gasteiger charge is 2.10. The van der Waals surface area contributed by atoms with Crippen molar-refractivity contribution < 1.29 is 4.79 Å². The number of aromatic nitrogens is 1. The molecule has 0 spiro atoms. The second-order valence-electron chi connectivity index (χ2n) is 5.10. The average molecular weight is 324 g/mol. The van der Waals surface area contributed by atoms with Gasteiger partial charge in [0.25, 0.3) is 0 Å². The van der Waals surface area contributed by atoms with Crippen LogP contribution in [-0.2, 0) is 19.6 Å². The van der Waals surface area contributed by atoms with Gasteiger partial charge in [0.15, 0.2) is 0 Å². The molecule has 7 heteroatoms. The first kappa shape index (κ1) is 15.9. The standard InChI is InChI=1S/C14H20N4OS2/c1-17(2)9-12-5-4-11(20-12)8-15-14(19)18(3)10-13-6-7-16-21-13/h4-7H,8-10H2,1-3H3,(H,15,19). The molecule has 0 bridgehead atoms. The third-order valence-corrected chi connectivity index (χ3v) is 4.63. The van der Waals surface area contributed by atoms with Crippen molar-refractivity contribution in [3.63, 3.8) is 0 Å². The molecule has 0 atom stereocenters. The van der Waals surface area contributed by atoms with E-state index in [0.717, 1.165) is 11.4 Å². The Bertz CT molecular complexity index is 565. The van der Waals surface area contributed by atoms with Gasteiger partial charge in [-0.2, -0.15) is 0 Å². The van der Waals surface area contributed by atoms with Gasteiger partial charge in [-0.1, -0.05) is 0 Å². The van der Waals surface area contributed by atoms with Crippen molar-refractivity contribution in [3.05, 3.63) is 39.0 Å². The van der Waals surface area contributed by atoms with Gasteiger partial charge >= 0.3 is 6.03 Å². The Balaban J connectivity index is 1.79. The Hall–Kier alpha value is -1.44. The molecule has 114 valence electrons. The van der Waals surface area contributed by atoms with Gasteiger partial charge in [0.1, 0.15) is 0 Å². The third kappa shape index (κ3) is 5.11. The fourth-order valence-electron chi connectivity index (χ4n) is 1.84. The molecule has 5 nitrogen and oxygen atoms in total. The quantitative estimate of drug-likeness (QED) is 0.888. The van der Waals surface area contributed by atoms with E-state index in [4.69, 9.17) is 0 Å². The summed E-state index contributed by atoms with van der Waals surface area (Å²) >= 11 is 3.16. The van der Waals surface area contributed by atoms with Crippen LogP contribution in [0.4, 0.5) is 4.79 Å². The first-order valence-electron chi connectivity index (χ1n) is 6.65. The van der Waals surface area contributed by atoms with Gasteiger partial charge in [0.2, 0.25) is 0 Å². The molecule has 0 aliphatic heterocycles. The van der Waals surface area contributed by atoms with Crippen molar-refractivity contribution >= 4 is 28.9 Å². The fourth-order valence-corrected chi connectivity index (χ4v) is 3.55. The Morgan fingerprint density at radius 1 is 1.14 bits per heavy atom. The Morgan fingerprint density at radius 2 is 1.90 bits per heavy atom. The number of nitrogens with zero attached hydrogens (tertiary/aromatic N) is 3. The van der Waals surface area contributed by atoms with E-state index < -0.39 is 0 Å². The van der Waals surface area contributed by atoms with Crippen LogP contribution in [0.3, 0.4) is 0 Å². The third-order valence-electron chi connectivity index (χ3n) is 2.83. The van der Waals surface area contributed by atoms with E-state index >= 15 is 0 Å². The minimum atomic E-state index is -0.0639. The number of amides is 2. The lowest BCUT2D eigenvalue weighted by molar-refractivity contribution is 0.207. The van der Waals surface area contributed by atoms with Crippen LogP contribution in [0.25, 0.3) is 0 Å². The minimum absolute atomic E-state index is 0.0639. The van der Waals surface area contributed by atoms with Gasteiger partial charge in [-0.3, -0.25) is 0 Å². The van der Waals surface area contributed by atoms with E-state index in [0.29, 0.717) is 13.1 Å². The maximum absolute atomic E-state index is 12.0. The summed E-state index contributed by atoms with van der Waals surface area (Å²) in [6.07, 6.45) is 1.75. The SMILES string of the molecule is CN(C)Cc1ccc(CNC(=O)N(C)Cc2ccns2)s1. The zero-order valence-corrected chi connectivity index (χ0v) is 14.1. The minimum Gasteiger partial charge on any atom is -0.333 e. The van der Waals surface area contributed by atoms with E-state index in [9.17, 15) is 4.79 Å². The predicted octanol–water partition coefficient (Wildman–Crippen LogP) is 2.61. The molecule has 0 radical (unpaired) electrons. The molecule has 2 amide bonds. The van der Waals surface area contributed by atoms with Crippen LogP contribution in [0, 0.1) is 0 Å². The highest BCUT2D eigenvalue weighted by atomic mass is 32.1. The maximum atomic E-state index is 12.0. The fraction of sp³-hybridized carbons (Fsp3) is 0.429. The van der Waals surface area contributed by atoms with E-state index in [1.807, 2.05) is 6.07 Å². The molecule has 2 rings (SSSR count). The van der Waals surface area contributed by atoms with Crippen molar-refractivity contribution in [3.8, 4) is 0 Å². The summed E-state index contributed by atoms with van der Waals surface area (Å²) in [7, 11) is 5.89. The molecule has 0 fully saturated rings. The van der Waals surface area contributed by atoms with Crippen molar-refractivity contribution in [2.75, 3.05) is 21.1 Å². The molecule has 2 aromatic rings. The molecule has 2 aromatic heterocycles. The highest BCUT2D eigenvalue weighted by Crippen LogP contribution is 2.17. The molecular formula is C14H20N4OS2. The molecule has 1 N–H and O–H groups in total. The van der Waals surface area contributed by atoms with Gasteiger partial charge in [0.05, 0.1) is 13.1 Å². The summed E-state index contributed by atoms with van der Waals surface area (Å²) in [6.45, 7) is 2.10. The summed E-state index contributed by atoms with van der Waals surface area (Å²) in [5.41, 5.74) is 0. The second kappa shape index (κ2) is 7.53. The summed E-state index contributed by atoms with van der Waals surface area (Å²) in [4.78, 5) is 19.4. The average Bonchev–Trinajstić information content (AvgIpc) is 3.07. The van der Waals surface area contributed by atoms with Gasteiger partial charge in [-0.05, 0) is 43.8 Å². The molecule has 0 unspecified atom stereocenters. The molecule has 0 aliphatic rings. The lowest BCUT2D eigenvalue weighted by Crippen LogP contribution is -2.36. The molecule has 0 saturated heterocycles. The van der Waals surface area contributed by atoms with Gasteiger partial charge in [0, 0.05) is 34.4 Å². The summed E-state index contributed by atoms with van der Waals surface area (Å²) in [5.74, 6) is 0. The van der Waals surface area contributed by atoms with Gasteiger partial charge in [-0.25, -0.2) is 9.17 Å². The topological polar surface area (TPSA) is 48.5 Å². The normalized spacial score (nSPS) is 10.9. The number of carbonyl (C=O) groups is 1.